The molecule has 66 valence electrons. The van der Waals surface area contributed by atoms with Crippen LogP contribution in [0.15, 0.2) is 12.3 Å². The maximum Gasteiger partial charge on any atom is 0.287 e. The Bertz CT molecular complexity index is 270. The molecule has 1 rings (SSSR count). The van der Waals surface area contributed by atoms with Gasteiger partial charge in [0.25, 0.3) is 5.92 Å². The first kappa shape index (κ1) is 8.99. The number of halogens is 2. The Morgan fingerprint density at radius 3 is 2.75 bits per heavy atom. The summed E-state index contributed by atoms with van der Waals surface area (Å²) < 4.78 is 25.3. The third kappa shape index (κ3) is 1.94. The number of hydrogen-bond acceptors (Lipinski definition) is 3. The average molecular weight is 173 g/mol. The van der Waals surface area contributed by atoms with E-state index >= 15 is 0 Å². The third-order valence-corrected chi connectivity index (χ3v) is 1.34. The van der Waals surface area contributed by atoms with E-state index in [1.807, 2.05) is 0 Å². The minimum atomic E-state index is -2.92. The Labute approximate surface area is 68.6 Å². The molecule has 0 aliphatic carbocycles. The summed E-state index contributed by atoms with van der Waals surface area (Å²) in [5.41, 5.74) is 4.90. The second-order valence-corrected chi connectivity index (χ2v) is 2.45. The summed E-state index contributed by atoms with van der Waals surface area (Å²) in [6.07, 6.45) is 1.28. The van der Waals surface area contributed by atoms with E-state index < -0.39 is 5.92 Å². The van der Waals surface area contributed by atoms with Gasteiger partial charge in [-0.2, -0.15) is 8.78 Å². The van der Waals surface area contributed by atoms with Gasteiger partial charge in [-0.1, -0.05) is 0 Å². The number of nitrogens with zero attached hydrogens (tertiary/aromatic N) is 2. The highest BCUT2D eigenvalue weighted by molar-refractivity contribution is 5.07. The lowest BCUT2D eigenvalue weighted by atomic mass is 10.2. The van der Waals surface area contributed by atoms with Gasteiger partial charge in [0.15, 0.2) is 0 Å². The van der Waals surface area contributed by atoms with Crippen LogP contribution < -0.4 is 5.73 Å². The van der Waals surface area contributed by atoms with E-state index in [0.29, 0.717) is 0 Å². The summed E-state index contributed by atoms with van der Waals surface area (Å²) in [6, 6.07) is 1.18. The smallest absolute Gasteiger partial charge is 0.287 e. The van der Waals surface area contributed by atoms with E-state index in [9.17, 15) is 8.78 Å². The zero-order chi connectivity index (χ0) is 9.19. The van der Waals surface area contributed by atoms with Gasteiger partial charge in [-0.15, -0.1) is 0 Å². The molecule has 0 aliphatic rings. The number of rotatable bonds is 2. The van der Waals surface area contributed by atoms with E-state index in [1.54, 1.807) is 0 Å². The van der Waals surface area contributed by atoms with Gasteiger partial charge in [-0.3, -0.25) is 0 Å². The van der Waals surface area contributed by atoms with Crippen molar-refractivity contribution in [2.75, 3.05) is 0 Å². The predicted octanol–water partition coefficient (Wildman–Crippen LogP) is 1.05. The van der Waals surface area contributed by atoms with Crippen LogP contribution in [0.3, 0.4) is 0 Å². The summed E-state index contributed by atoms with van der Waals surface area (Å²) in [6.45, 7) is 0.861. The van der Waals surface area contributed by atoms with Crippen molar-refractivity contribution < 1.29 is 8.78 Å². The number of alkyl halides is 2. The first-order valence-corrected chi connectivity index (χ1v) is 3.44. The Hall–Kier alpha value is -1.10. The van der Waals surface area contributed by atoms with Crippen molar-refractivity contribution in [3.05, 3.63) is 23.8 Å². The molecule has 1 aromatic rings. The van der Waals surface area contributed by atoms with Crippen LogP contribution in [0.25, 0.3) is 0 Å². The zero-order valence-electron chi connectivity index (χ0n) is 6.59. The Morgan fingerprint density at radius 1 is 1.58 bits per heavy atom. The molecule has 12 heavy (non-hydrogen) atoms. The van der Waals surface area contributed by atoms with Gasteiger partial charge < -0.3 is 5.73 Å². The molecule has 0 aromatic carbocycles. The molecule has 0 bridgehead atoms. The van der Waals surface area contributed by atoms with E-state index in [2.05, 4.69) is 9.97 Å². The highest BCUT2D eigenvalue weighted by Gasteiger charge is 2.26. The number of aromatic nitrogens is 2. The fourth-order valence-corrected chi connectivity index (χ4v) is 0.742. The molecule has 0 saturated heterocycles. The summed E-state index contributed by atoms with van der Waals surface area (Å²) in [7, 11) is 0. The molecule has 2 N–H and O–H groups in total. The van der Waals surface area contributed by atoms with Crippen LogP contribution in [0.2, 0.25) is 0 Å². The van der Waals surface area contributed by atoms with Crippen molar-refractivity contribution >= 4 is 0 Å². The molecule has 5 heteroatoms. The Balaban J connectivity index is 3.02. The molecule has 0 aliphatic heterocycles. The van der Waals surface area contributed by atoms with Gasteiger partial charge in [0.05, 0.1) is 6.54 Å². The van der Waals surface area contributed by atoms with Crippen LogP contribution in [0, 0.1) is 0 Å². The molecule has 0 spiro atoms. The fourth-order valence-electron chi connectivity index (χ4n) is 0.742. The van der Waals surface area contributed by atoms with E-state index in [1.165, 1.54) is 12.3 Å². The summed E-state index contributed by atoms with van der Waals surface area (Å²) in [5.74, 6) is -2.69. The molecule has 0 atom stereocenters. The molecular weight excluding hydrogens is 164 g/mol. The lowest BCUT2D eigenvalue weighted by molar-refractivity contribution is 0.0124. The molecule has 0 fully saturated rings. The van der Waals surface area contributed by atoms with Crippen LogP contribution in [-0.2, 0) is 12.5 Å². The molecule has 3 nitrogen and oxygen atoms in total. The minimum Gasteiger partial charge on any atom is -0.324 e. The SMILES string of the molecule is CC(F)(F)c1ccnc(CN)n1. The number of hydrogen-bond donors (Lipinski definition) is 1. The van der Waals surface area contributed by atoms with Gasteiger partial charge in [0.2, 0.25) is 0 Å². The van der Waals surface area contributed by atoms with Gasteiger partial charge >= 0.3 is 0 Å². The van der Waals surface area contributed by atoms with Gasteiger partial charge in [0, 0.05) is 13.1 Å². The van der Waals surface area contributed by atoms with Gasteiger partial charge in [-0.25, -0.2) is 9.97 Å². The quantitative estimate of drug-likeness (QED) is 0.727. The predicted molar refractivity (Wildman–Crippen MR) is 39.5 cm³/mol. The van der Waals surface area contributed by atoms with Crippen molar-refractivity contribution in [3.63, 3.8) is 0 Å². The Morgan fingerprint density at radius 2 is 2.25 bits per heavy atom. The fraction of sp³-hybridized carbons (Fsp3) is 0.429. The van der Waals surface area contributed by atoms with Crippen molar-refractivity contribution in [1.82, 2.24) is 9.97 Å². The molecule has 0 radical (unpaired) electrons. The van der Waals surface area contributed by atoms with Crippen LogP contribution in [0.4, 0.5) is 8.78 Å². The van der Waals surface area contributed by atoms with Crippen LogP contribution >= 0.6 is 0 Å². The largest absolute Gasteiger partial charge is 0.324 e. The van der Waals surface area contributed by atoms with Crippen molar-refractivity contribution in [2.24, 2.45) is 5.73 Å². The second-order valence-electron chi connectivity index (χ2n) is 2.45. The molecule has 0 amide bonds. The van der Waals surface area contributed by atoms with Gasteiger partial charge in [-0.05, 0) is 6.07 Å². The van der Waals surface area contributed by atoms with E-state index in [-0.39, 0.29) is 18.1 Å². The maximum absolute atomic E-state index is 12.6. The summed E-state index contributed by atoms with van der Waals surface area (Å²) >= 11 is 0. The molecule has 0 saturated carbocycles. The highest BCUT2D eigenvalue weighted by atomic mass is 19.3. The van der Waals surface area contributed by atoms with Crippen LogP contribution in [-0.4, -0.2) is 9.97 Å². The molecule has 1 aromatic heterocycles. The number of nitrogens with two attached hydrogens (primary N) is 1. The molecular formula is C7H9F2N3. The lowest BCUT2D eigenvalue weighted by Gasteiger charge is -2.09. The monoisotopic (exact) mass is 173 g/mol. The lowest BCUT2D eigenvalue weighted by Crippen LogP contribution is -2.13. The zero-order valence-corrected chi connectivity index (χ0v) is 6.59. The topological polar surface area (TPSA) is 51.8 Å². The molecule has 0 unspecified atom stereocenters. The highest BCUT2D eigenvalue weighted by Crippen LogP contribution is 2.24. The van der Waals surface area contributed by atoms with Gasteiger partial charge in [0.1, 0.15) is 11.5 Å². The minimum absolute atomic E-state index is 0.0733. The first-order chi connectivity index (χ1) is 5.54. The summed E-state index contributed by atoms with van der Waals surface area (Å²) in [4.78, 5) is 7.28. The molecule has 1 heterocycles. The second kappa shape index (κ2) is 3.10. The first-order valence-electron chi connectivity index (χ1n) is 3.44. The van der Waals surface area contributed by atoms with E-state index in [0.717, 1.165) is 6.92 Å². The average Bonchev–Trinajstić information content (AvgIpc) is 2.03. The normalized spacial score (nSPS) is 11.7. The third-order valence-electron chi connectivity index (χ3n) is 1.34. The summed E-state index contributed by atoms with van der Waals surface area (Å²) in [5, 5.41) is 0. The van der Waals surface area contributed by atoms with Crippen LogP contribution in [0.5, 0.6) is 0 Å². The Kier molecular flexibility index (Phi) is 2.32. The van der Waals surface area contributed by atoms with Crippen molar-refractivity contribution in [1.29, 1.82) is 0 Å². The van der Waals surface area contributed by atoms with Crippen molar-refractivity contribution in [2.45, 2.75) is 19.4 Å². The van der Waals surface area contributed by atoms with Crippen LogP contribution in [0.1, 0.15) is 18.4 Å². The maximum atomic E-state index is 12.6. The van der Waals surface area contributed by atoms with Crippen molar-refractivity contribution in [3.8, 4) is 0 Å². The standard InChI is InChI=1S/C7H9F2N3/c1-7(8,9)5-2-3-11-6(4-10)12-5/h2-3H,4,10H2,1H3. The van der Waals surface area contributed by atoms with E-state index in [4.69, 9.17) is 5.73 Å².